The van der Waals surface area contributed by atoms with E-state index in [-0.39, 0.29) is 35.3 Å². The SMILES string of the molecule is Cc1cccc(OCC(=O)Nc2sc3c(c2C(=O)N[C@@H]2CCS(=O)(=O)C2)CC[C@@H](C(C)(C)C)C3)c1. The van der Waals surface area contributed by atoms with Crippen LogP contribution in [-0.4, -0.2) is 44.4 Å². The Morgan fingerprint density at radius 1 is 1.20 bits per heavy atom. The van der Waals surface area contributed by atoms with Gasteiger partial charge in [0.05, 0.1) is 17.1 Å². The number of ether oxygens (including phenoxy) is 1. The summed E-state index contributed by atoms with van der Waals surface area (Å²) in [4.78, 5) is 27.3. The first-order valence-corrected chi connectivity index (χ1v) is 14.7. The average molecular weight is 519 g/mol. The molecule has 0 unspecified atom stereocenters. The zero-order valence-corrected chi connectivity index (χ0v) is 22.4. The Labute approximate surface area is 211 Å². The molecule has 1 aliphatic heterocycles. The zero-order valence-electron chi connectivity index (χ0n) is 20.8. The predicted octanol–water partition coefficient (Wildman–Crippen LogP) is 4.14. The topological polar surface area (TPSA) is 102 Å². The highest BCUT2D eigenvalue weighted by Crippen LogP contribution is 2.44. The summed E-state index contributed by atoms with van der Waals surface area (Å²) < 4.78 is 29.4. The second-order valence-corrected chi connectivity index (χ2v) is 14.1. The molecule has 1 aromatic heterocycles. The van der Waals surface area contributed by atoms with Crippen LogP contribution in [-0.2, 0) is 27.5 Å². The molecule has 0 saturated carbocycles. The van der Waals surface area contributed by atoms with Crippen molar-refractivity contribution in [3.8, 4) is 5.75 Å². The molecule has 9 heteroatoms. The fourth-order valence-electron chi connectivity index (χ4n) is 4.84. The van der Waals surface area contributed by atoms with Crippen molar-refractivity contribution in [1.29, 1.82) is 0 Å². The molecular formula is C26H34N2O5S2. The second-order valence-electron chi connectivity index (χ2n) is 10.7. The normalized spacial score (nSPS) is 21.3. The number of hydrogen-bond donors (Lipinski definition) is 2. The smallest absolute Gasteiger partial charge is 0.262 e. The first-order chi connectivity index (χ1) is 16.4. The fraction of sp³-hybridized carbons (Fsp3) is 0.538. The number of benzene rings is 1. The number of sulfone groups is 1. The third-order valence-corrected chi connectivity index (χ3v) is 9.83. The van der Waals surface area contributed by atoms with Crippen molar-refractivity contribution in [3.05, 3.63) is 45.8 Å². The van der Waals surface area contributed by atoms with Gasteiger partial charge >= 0.3 is 0 Å². The molecule has 1 fully saturated rings. The zero-order chi connectivity index (χ0) is 25.4. The van der Waals surface area contributed by atoms with E-state index >= 15 is 0 Å². The Hall–Kier alpha value is -2.39. The van der Waals surface area contributed by atoms with Gasteiger partial charge in [-0.05, 0) is 67.2 Å². The molecule has 2 aromatic rings. The number of carbonyl (C=O) groups excluding carboxylic acids is 2. The lowest BCUT2D eigenvalue weighted by atomic mass is 9.72. The van der Waals surface area contributed by atoms with Crippen LogP contribution >= 0.6 is 11.3 Å². The Morgan fingerprint density at radius 2 is 1.97 bits per heavy atom. The highest BCUT2D eigenvalue weighted by atomic mass is 32.2. The quantitative estimate of drug-likeness (QED) is 0.599. The van der Waals surface area contributed by atoms with Crippen LogP contribution in [0.25, 0.3) is 0 Å². The summed E-state index contributed by atoms with van der Waals surface area (Å²) in [5.74, 6) is 0.497. The molecule has 0 spiro atoms. The fourth-order valence-corrected chi connectivity index (χ4v) is 7.85. The van der Waals surface area contributed by atoms with Crippen LogP contribution in [0.3, 0.4) is 0 Å². The molecule has 1 aliphatic carbocycles. The number of rotatable bonds is 6. The summed E-state index contributed by atoms with van der Waals surface area (Å²) in [5.41, 5.74) is 2.64. The van der Waals surface area contributed by atoms with Crippen LogP contribution in [0.5, 0.6) is 5.75 Å². The number of aryl methyl sites for hydroxylation is 1. The molecule has 1 aromatic carbocycles. The van der Waals surface area contributed by atoms with Crippen LogP contribution < -0.4 is 15.4 Å². The summed E-state index contributed by atoms with van der Waals surface area (Å²) in [6, 6.07) is 7.08. The maximum atomic E-state index is 13.4. The first-order valence-electron chi connectivity index (χ1n) is 12.1. The highest BCUT2D eigenvalue weighted by molar-refractivity contribution is 7.91. The summed E-state index contributed by atoms with van der Waals surface area (Å²) >= 11 is 1.45. The number of anilines is 1. The van der Waals surface area contributed by atoms with E-state index in [1.165, 1.54) is 11.3 Å². The van der Waals surface area contributed by atoms with E-state index in [4.69, 9.17) is 4.74 Å². The molecule has 7 nitrogen and oxygen atoms in total. The van der Waals surface area contributed by atoms with E-state index in [0.717, 1.165) is 35.3 Å². The Morgan fingerprint density at radius 3 is 2.63 bits per heavy atom. The summed E-state index contributed by atoms with van der Waals surface area (Å²) in [6.45, 7) is 8.48. The number of hydrogen-bond acceptors (Lipinski definition) is 6. The third kappa shape index (κ3) is 6.25. The van der Waals surface area contributed by atoms with Gasteiger partial charge in [-0.25, -0.2) is 8.42 Å². The van der Waals surface area contributed by atoms with E-state index in [0.29, 0.717) is 28.7 Å². The minimum atomic E-state index is -3.12. The van der Waals surface area contributed by atoms with Gasteiger partial charge in [-0.1, -0.05) is 32.9 Å². The van der Waals surface area contributed by atoms with Crippen molar-refractivity contribution in [3.63, 3.8) is 0 Å². The Bertz CT molecular complexity index is 1230. The van der Waals surface area contributed by atoms with Gasteiger partial charge in [-0.2, -0.15) is 0 Å². The summed E-state index contributed by atoms with van der Waals surface area (Å²) in [5, 5.41) is 6.33. The van der Waals surface area contributed by atoms with Crippen LogP contribution in [0.15, 0.2) is 24.3 Å². The molecular weight excluding hydrogens is 484 g/mol. The van der Waals surface area contributed by atoms with Gasteiger partial charge in [-0.15, -0.1) is 11.3 Å². The van der Waals surface area contributed by atoms with Crippen LogP contribution in [0, 0.1) is 18.3 Å². The predicted molar refractivity (Wildman–Crippen MR) is 139 cm³/mol. The molecule has 190 valence electrons. The van der Waals surface area contributed by atoms with Crippen LogP contribution in [0.4, 0.5) is 5.00 Å². The van der Waals surface area contributed by atoms with Crippen molar-refractivity contribution in [2.45, 2.75) is 59.4 Å². The number of fused-ring (bicyclic) bond motifs is 1. The van der Waals surface area contributed by atoms with Gasteiger partial charge in [0, 0.05) is 10.9 Å². The largest absolute Gasteiger partial charge is 0.484 e. The lowest BCUT2D eigenvalue weighted by molar-refractivity contribution is -0.118. The number of carbonyl (C=O) groups is 2. The maximum Gasteiger partial charge on any atom is 0.262 e. The number of thiophene rings is 1. The van der Waals surface area contributed by atoms with Gasteiger partial charge in [0.2, 0.25) is 0 Å². The molecule has 0 radical (unpaired) electrons. The van der Waals surface area contributed by atoms with E-state index in [1.54, 1.807) is 6.07 Å². The number of nitrogens with one attached hydrogen (secondary N) is 2. The minimum absolute atomic E-state index is 0.0385. The van der Waals surface area contributed by atoms with Gasteiger partial charge < -0.3 is 15.4 Å². The Balaban J connectivity index is 1.54. The standard InChI is InChI=1S/C26H34N2O5S2/c1-16-6-5-7-19(12-16)33-14-22(29)28-25-23(24(30)27-18-10-11-35(31,32)15-18)20-9-8-17(26(2,3)4)13-21(20)34-25/h5-7,12,17-18H,8-11,13-15H2,1-4H3,(H,27,30)(H,28,29)/t17-,18-/m1/s1. The molecule has 2 N–H and O–H groups in total. The second kappa shape index (κ2) is 9.93. The minimum Gasteiger partial charge on any atom is -0.484 e. The number of amides is 2. The lowest BCUT2D eigenvalue weighted by Crippen LogP contribution is -2.36. The van der Waals surface area contributed by atoms with E-state index in [9.17, 15) is 18.0 Å². The first kappa shape index (κ1) is 25.7. The maximum absolute atomic E-state index is 13.4. The monoisotopic (exact) mass is 518 g/mol. The Kier molecular flexibility index (Phi) is 7.29. The van der Waals surface area contributed by atoms with Crippen molar-refractivity contribution >= 4 is 38.0 Å². The van der Waals surface area contributed by atoms with Crippen molar-refractivity contribution in [2.24, 2.45) is 11.3 Å². The molecule has 2 heterocycles. The van der Waals surface area contributed by atoms with E-state index < -0.39 is 15.9 Å². The average Bonchev–Trinajstić information content (AvgIpc) is 3.29. The van der Waals surface area contributed by atoms with E-state index in [1.807, 2.05) is 25.1 Å². The van der Waals surface area contributed by atoms with Crippen LogP contribution in [0.2, 0.25) is 0 Å². The molecule has 2 aliphatic rings. The van der Waals surface area contributed by atoms with E-state index in [2.05, 4.69) is 31.4 Å². The van der Waals surface area contributed by atoms with Crippen molar-refractivity contribution in [2.75, 3.05) is 23.4 Å². The molecule has 0 bridgehead atoms. The summed E-state index contributed by atoms with van der Waals surface area (Å²) in [6.07, 6.45) is 3.00. The summed E-state index contributed by atoms with van der Waals surface area (Å²) in [7, 11) is -3.12. The third-order valence-electron chi connectivity index (χ3n) is 6.90. The molecule has 1 saturated heterocycles. The van der Waals surface area contributed by atoms with Gasteiger partial charge in [0.15, 0.2) is 16.4 Å². The van der Waals surface area contributed by atoms with Gasteiger partial charge in [0.1, 0.15) is 10.8 Å². The molecule has 2 amide bonds. The van der Waals surface area contributed by atoms with Crippen molar-refractivity contribution < 1.29 is 22.7 Å². The molecule has 35 heavy (non-hydrogen) atoms. The molecule has 2 atom stereocenters. The van der Waals surface area contributed by atoms with Gasteiger partial charge in [0.25, 0.3) is 11.8 Å². The highest BCUT2D eigenvalue weighted by Gasteiger charge is 2.36. The van der Waals surface area contributed by atoms with Crippen molar-refractivity contribution in [1.82, 2.24) is 5.32 Å². The lowest BCUT2D eigenvalue weighted by Gasteiger charge is -2.33. The van der Waals surface area contributed by atoms with Gasteiger partial charge in [-0.3, -0.25) is 9.59 Å². The molecule has 4 rings (SSSR count). The van der Waals surface area contributed by atoms with Crippen LogP contribution in [0.1, 0.15) is 60.0 Å².